The van der Waals surface area contributed by atoms with Gasteiger partial charge in [0.25, 0.3) is 0 Å². The van der Waals surface area contributed by atoms with Gasteiger partial charge in [-0.15, -0.1) is 0 Å². The molecule has 0 aliphatic carbocycles. The third-order valence-corrected chi connectivity index (χ3v) is 6.62. The lowest BCUT2D eigenvalue weighted by molar-refractivity contribution is 0.194. The fraction of sp³-hybridized carbons (Fsp3) is 0.727. The van der Waals surface area contributed by atoms with E-state index in [1.807, 2.05) is 24.3 Å². The summed E-state index contributed by atoms with van der Waals surface area (Å²) in [6.45, 7) is 5.16. The summed E-state index contributed by atoms with van der Waals surface area (Å²) >= 11 is 0. The number of hydrogen-bond donors (Lipinski definition) is 0. The molecule has 27 heavy (non-hydrogen) atoms. The summed E-state index contributed by atoms with van der Waals surface area (Å²) in [7, 11) is -1.38. The monoisotopic (exact) mass is 398 g/mol. The van der Waals surface area contributed by atoms with Gasteiger partial charge in [0.05, 0.1) is 26.5 Å². The maximum atomic E-state index is 13.0. The van der Waals surface area contributed by atoms with Gasteiger partial charge in [-0.1, -0.05) is 77.3 Å². The van der Waals surface area contributed by atoms with Gasteiger partial charge in [-0.05, 0) is 30.5 Å². The van der Waals surface area contributed by atoms with E-state index in [0.717, 1.165) is 37.0 Å². The van der Waals surface area contributed by atoms with E-state index in [1.165, 1.54) is 38.5 Å². The van der Waals surface area contributed by atoms with Gasteiger partial charge in [0.15, 0.2) is 0 Å². The molecule has 0 aliphatic rings. The number of unbranched alkanes of at least 4 members (excludes halogenated alkanes) is 8. The average molecular weight is 399 g/mol. The molecule has 0 spiro atoms. The largest absolute Gasteiger partial charge is 0.497 e. The number of rotatable bonds is 17. The van der Waals surface area contributed by atoms with Crippen LogP contribution in [0.3, 0.4) is 0 Å². The van der Waals surface area contributed by atoms with Crippen molar-refractivity contribution >= 4 is 7.60 Å². The van der Waals surface area contributed by atoms with Crippen molar-refractivity contribution < 1.29 is 18.3 Å². The second-order valence-electron chi connectivity index (χ2n) is 7.12. The molecule has 1 aromatic rings. The molecule has 4 nitrogen and oxygen atoms in total. The van der Waals surface area contributed by atoms with E-state index in [1.54, 1.807) is 7.11 Å². The first-order valence-electron chi connectivity index (χ1n) is 10.6. The first kappa shape index (κ1) is 24.2. The Morgan fingerprint density at radius 1 is 0.778 bits per heavy atom. The summed E-state index contributed by atoms with van der Waals surface area (Å²) in [4.78, 5) is 0. The molecule has 0 N–H and O–H groups in total. The number of ether oxygens (including phenoxy) is 1. The van der Waals surface area contributed by atoms with Gasteiger partial charge in [0.1, 0.15) is 5.75 Å². The van der Waals surface area contributed by atoms with Crippen molar-refractivity contribution in [3.63, 3.8) is 0 Å². The van der Waals surface area contributed by atoms with E-state index in [4.69, 9.17) is 13.8 Å². The highest BCUT2D eigenvalue weighted by molar-refractivity contribution is 7.53. The fourth-order valence-electron chi connectivity index (χ4n) is 2.85. The molecule has 1 rings (SSSR count). The predicted octanol–water partition coefficient (Wildman–Crippen LogP) is 7.36. The zero-order valence-electron chi connectivity index (χ0n) is 17.6. The number of hydrogen-bond acceptors (Lipinski definition) is 4. The highest BCUT2D eigenvalue weighted by Gasteiger charge is 2.23. The van der Waals surface area contributed by atoms with Crippen LogP contribution >= 0.6 is 7.60 Å². The highest BCUT2D eigenvalue weighted by atomic mass is 31.2. The summed E-state index contributed by atoms with van der Waals surface area (Å²) in [5, 5.41) is 0. The Morgan fingerprint density at radius 2 is 1.37 bits per heavy atom. The first-order valence-corrected chi connectivity index (χ1v) is 12.4. The molecule has 0 saturated heterocycles. The van der Waals surface area contributed by atoms with Crippen molar-refractivity contribution in [2.45, 2.75) is 84.7 Å². The van der Waals surface area contributed by atoms with Crippen LogP contribution in [0.25, 0.3) is 0 Å². The van der Waals surface area contributed by atoms with Crippen LogP contribution < -0.4 is 4.74 Å². The van der Waals surface area contributed by atoms with E-state index in [0.29, 0.717) is 19.4 Å². The van der Waals surface area contributed by atoms with Crippen molar-refractivity contribution in [2.24, 2.45) is 0 Å². The lowest BCUT2D eigenvalue weighted by Gasteiger charge is -2.18. The summed E-state index contributed by atoms with van der Waals surface area (Å²) in [6.07, 6.45) is 12.3. The summed E-state index contributed by atoms with van der Waals surface area (Å²) < 4.78 is 29.7. The number of benzene rings is 1. The van der Waals surface area contributed by atoms with Crippen LogP contribution in [0.5, 0.6) is 5.75 Å². The molecule has 0 fully saturated rings. The molecule has 1 aromatic carbocycles. The fourth-order valence-corrected chi connectivity index (χ4v) is 4.64. The van der Waals surface area contributed by atoms with Crippen LogP contribution in [0.1, 0.15) is 83.6 Å². The molecule has 1 unspecified atom stereocenters. The maximum absolute atomic E-state index is 13.0. The van der Waals surface area contributed by atoms with Gasteiger partial charge in [0, 0.05) is 0 Å². The SMILES string of the molecule is CCCCCCCCCCOP(=O)(CCCC)OCc1ccc(OC)cc1. The van der Waals surface area contributed by atoms with Crippen LogP contribution in [0.2, 0.25) is 0 Å². The van der Waals surface area contributed by atoms with Crippen LogP contribution in [0.4, 0.5) is 0 Å². The Morgan fingerprint density at radius 3 is 1.96 bits per heavy atom. The minimum absolute atomic E-state index is 0.308. The first-order chi connectivity index (χ1) is 13.1. The molecule has 0 aromatic heterocycles. The van der Waals surface area contributed by atoms with Gasteiger partial charge in [-0.25, -0.2) is 0 Å². The van der Waals surface area contributed by atoms with Gasteiger partial charge >= 0.3 is 7.60 Å². The summed E-state index contributed by atoms with van der Waals surface area (Å²) in [5.74, 6) is 0.804. The van der Waals surface area contributed by atoms with E-state index in [9.17, 15) is 4.57 Å². The van der Waals surface area contributed by atoms with Crippen LogP contribution in [-0.2, 0) is 20.2 Å². The van der Waals surface area contributed by atoms with E-state index in [2.05, 4.69) is 13.8 Å². The molecule has 156 valence electrons. The maximum Gasteiger partial charge on any atom is 0.330 e. The van der Waals surface area contributed by atoms with E-state index < -0.39 is 7.60 Å². The smallest absolute Gasteiger partial charge is 0.330 e. The van der Waals surface area contributed by atoms with Crippen LogP contribution in [-0.4, -0.2) is 19.9 Å². The Bertz CT molecular complexity index is 516. The van der Waals surface area contributed by atoms with Gasteiger partial charge in [-0.3, -0.25) is 4.57 Å². The highest BCUT2D eigenvalue weighted by Crippen LogP contribution is 2.50. The Labute approximate surface area is 166 Å². The Hall–Kier alpha value is -0.830. The minimum Gasteiger partial charge on any atom is -0.497 e. The standard InChI is InChI=1S/C22H39O4P/c1-4-6-8-9-10-11-12-13-18-25-27(23,19-7-5-2)26-20-21-14-16-22(24-3)17-15-21/h14-17H,4-13,18-20H2,1-3H3. The molecule has 0 aliphatic heterocycles. The van der Waals surface area contributed by atoms with Gasteiger partial charge in [-0.2, -0.15) is 0 Å². The Kier molecular flexibility index (Phi) is 13.6. The van der Waals surface area contributed by atoms with Gasteiger partial charge in [0.2, 0.25) is 0 Å². The third kappa shape index (κ3) is 11.6. The molecular weight excluding hydrogens is 359 g/mol. The number of methoxy groups -OCH3 is 1. The minimum atomic E-state index is -3.02. The van der Waals surface area contributed by atoms with E-state index >= 15 is 0 Å². The zero-order valence-corrected chi connectivity index (χ0v) is 18.5. The average Bonchev–Trinajstić information content (AvgIpc) is 2.70. The lowest BCUT2D eigenvalue weighted by atomic mass is 10.1. The van der Waals surface area contributed by atoms with Gasteiger partial charge < -0.3 is 13.8 Å². The van der Waals surface area contributed by atoms with Crippen LogP contribution in [0.15, 0.2) is 24.3 Å². The van der Waals surface area contributed by atoms with Crippen molar-refractivity contribution in [1.82, 2.24) is 0 Å². The third-order valence-electron chi connectivity index (χ3n) is 4.66. The normalized spacial score (nSPS) is 13.4. The Balaban J connectivity index is 2.31. The summed E-state index contributed by atoms with van der Waals surface area (Å²) in [6, 6.07) is 7.64. The molecule has 0 heterocycles. The zero-order chi connectivity index (χ0) is 19.8. The van der Waals surface area contributed by atoms with Crippen molar-refractivity contribution in [3.8, 4) is 5.75 Å². The van der Waals surface area contributed by atoms with Crippen molar-refractivity contribution in [1.29, 1.82) is 0 Å². The van der Waals surface area contributed by atoms with E-state index in [-0.39, 0.29) is 0 Å². The molecule has 0 radical (unpaired) electrons. The molecular formula is C22H39O4P. The molecule has 0 saturated carbocycles. The second kappa shape index (κ2) is 15.1. The second-order valence-corrected chi connectivity index (χ2v) is 9.30. The van der Waals surface area contributed by atoms with Crippen molar-refractivity contribution in [2.75, 3.05) is 19.9 Å². The van der Waals surface area contributed by atoms with Crippen LogP contribution in [0, 0.1) is 0 Å². The lowest BCUT2D eigenvalue weighted by Crippen LogP contribution is -2.02. The molecule has 0 bridgehead atoms. The topological polar surface area (TPSA) is 44.8 Å². The summed E-state index contributed by atoms with van der Waals surface area (Å²) in [5.41, 5.74) is 0.975. The molecule has 5 heteroatoms. The quantitative estimate of drug-likeness (QED) is 0.203. The van der Waals surface area contributed by atoms with Crippen molar-refractivity contribution in [3.05, 3.63) is 29.8 Å². The predicted molar refractivity (Wildman–Crippen MR) is 114 cm³/mol. The molecule has 1 atom stereocenters. The molecule has 0 amide bonds.